The molecule has 1 rings (SSSR count). The zero-order valence-electron chi connectivity index (χ0n) is 9.64. The van der Waals surface area contributed by atoms with Crippen LogP contribution < -0.4 is 0 Å². The summed E-state index contributed by atoms with van der Waals surface area (Å²) in [4.78, 5) is 22.1. The number of halogens is 1. The highest BCUT2D eigenvalue weighted by atomic mass is 79.9. The molecule has 0 saturated heterocycles. The van der Waals surface area contributed by atoms with Crippen molar-refractivity contribution in [3.8, 4) is 0 Å². The number of ether oxygens (including phenoxy) is 1. The molecule has 1 aromatic carbocycles. The minimum atomic E-state index is -0.330. The topological polar surface area (TPSA) is 43.4 Å². The van der Waals surface area contributed by atoms with Gasteiger partial charge in [0.05, 0.1) is 12.2 Å². The van der Waals surface area contributed by atoms with E-state index >= 15 is 0 Å². The second-order valence-electron chi connectivity index (χ2n) is 3.80. The summed E-state index contributed by atoms with van der Waals surface area (Å²) in [6.07, 6.45) is 1.51. The third-order valence-corrected chi connectivity index (χ3v) is 3.71. The van der Waals surface area contributed by atoms with Gasteiger partial charge < -0.3 is 9.53 Å². The third-order valence-electron chi connectivity index (χ3n) is 2.42. The molecule has 1 aromatic rings. The molecule has 0 N–H and O–H groups in total. The third kappa shape index (κ3) is 4.69. The Kier molecular flexibility index (Phi) is 5.91. The first-order valence-corrected chi connectivity index (χ1v) is 6.38. The molecule has 17 heavy (non-hydrogen) atoms. The zero-order chi connectivity index (χ0) is 12.7. The minimum Gasteiger partial charge on any atom is -0.462 e. The summed E-state index contributed by atoms with van der Waals surface area (Å²) >= 11 is 3.39. The second kappa shape index (κ2) is 7.22. The molecule has 0 aliphatic heterocycles. The highest BCUT2D eigenvalue weighted by Gasteiger charge is 2.14. The Balaban J connectivity index is 2.32. The monoisotopic (exact) mass is 298 g/mol. The van der Waals surface area contributed by atoms with Crippen molar-refractivity contribution in [2.24, 2.45) is 5.92 Å². The van der Waals surface area contributed by atoms with Crippen LogP contribution in [-0.2, 0) is 9.53 Å². The first-order valence-electron chi connectivity index (χ1n) is 5.46. The predicted octanol–water partition coefficient (Wildman–Crippen LogP) is 2.83. The Hall–Kier alpha value is -1.16. The Morgan fingerprint density at radius 2 is 2.06 bits per heavy atom. The Labute approximate surface area is 109 Å². The van der Waals surface area contributed by atoms with E-state index in [-0.39, 0.29) is 16.7 Å². The maximum Gasteiger partial charge on any atom is 0.338 e. The van der Waals surface area contributed by atoms with E-state index in [1.807, 2.05) is 13.0 Å². The van der Waals surface area contributed by atoms with Gasteiger partial charge in [0.15, 0.2) is 0 Å². The van der Waals surface area contributed by atoms with E-state index in [1.165, 1.54) is 0 Å². The standard InChI is InChI=1S/C13H15BrO3/c1-10(9-15)12(14)7-8-17-13(16)11-5-3-2-4-6-11/h2-6,9-10,12H,7-8H2,1H3. The number of esters is 1. The van der Waals surface area contributed by atoms with Crippen LogP contribution in [0.5, 0.6) is 0 Å². The quantitative estimate of drug-likeness (QED) is 0.461. The van der Waals surface area contributed by atoms with Gasteiger partial charge in [-0.05, 0) is 18.6 Å². The van der Waals surface area contributed by atoms with Crippen LogP contribution in [0.3, 0.4) is 0 Å². The number of benzene rings is 1. The minimum absolute atomic E-state index is 0.0450. The number of aldehydes is 1. The van der Waals surface area contributed by atoms with Crippen molar-refractivity contribution in [1.82, 2.24) is 0 Å². The largest absolute Gasteiger partial charge is 0.462 e. The first kappa shape index (κ1) is 13.9. The molecule has 0 aliphatic carbocycles. The highest BCUT2D eigenvalue weighted by Crippen LogP contribution is 2.15. The lowest BCUT2D eigenvalue weighted by Gasteiger charge is -2.12. The number of rotatable bonds is 6. The van der Waals surface area contributed by atoms with Crippen molar-refractivity contribution < 1.29 is 14.3 Å². The van der Waals surface area contributed by atoms with Crippen LogP contribution in [0.15, 0.2) is 30.3 Å². The van der Waals surface area contributed by atoms with Crippen LogP contribution in [0.1, 0.15) is 23.7 Å². The molecule has 0 heterocycles. The fourth-order valence-electron chi connectivity index (χ4n) is 1.27. The van der Waals surface area contributed by atoms with Gasteiger partial charge in [-0.25, -0.2) is 4.79 Å². The molecular formula is C13H15BrO3. The Morgan fingerprint density at radius 3 is 2.65 bits per heavy atom. The fourth-order valence-corrected chi connectivity index (χ4v) is 1.58. The maximum absolute atomic E-state index is 11.6. The van der Waals surface area contributed by atoms with E-state index < -0.39 is 0 Å². The van der Waals surface area contributed by atoms with Gasteiger partial charge in [-0.15, -0.1) is 0 Å². The van der Waals surface area contributed by atoms with Gasteiger partial charge in [-0.2, -0.15) is 0 Å². The lowest BCUT2D eigenvalue weighted by atomic mass is 10.1. The lowest BCUT2D eigenvalue weighted by molar-refractivity contribution is -0.110. The van der Waals surface area contributed by atoms with Crippen molar-refractivity contribution in [1.29, 1.82) is 0 Å². The first-order chi connectivity index (χ1) is 8.15. The van der Waals surface area contributed by atoms with E-state index in [1.54, 1.807) is 24.3 Å². The average Bonchev–Trinajstić information content (AvgIpc) is 2.38. The molecule has 3 nitrogen and oxygen atoms in total. The molecule has 0 saturated carbocycles. The molecule has 0 radical (unpaired) electrons. The lowest BCUT2D eigenvalue weighted by Crippen LogP contribution is -2.16. The second-order valence-corrected chi connectivity index (χ2v) is 4.98. The Bertz CT molecular complexity index is 364. The normalized spacial score (nSPS) is 13.8. The van der Waals surface area contributed by atoms with Crippen molar-refractivity contribution in [3.63, 3.8) is 0 Å². The smallest absolute Gasteiger partial charge is 0.338 e. The molecule has 0 aromatic heterocycles. The van der Waals surface area contributed by atoms with Crippen LogP contribution in [0, 0.1) is 5.92 Å². The van der Waals surface area contributed by atoms with E-state index in [9.17, 15) is 9.59 Å². The van der Waals surface area contributed by atoms with Crippen LogP contribution >= 0.6 is 15.9 Å². The summed E-state index contributed by atoms with van der Waals surface area (Å²) in [7, 11) is 0. The SMILES string of the molecule is CC(C=O)C(Br)CCOC(=O)c1ccccc1. The van der Waals surface area contributed by atoms with E-state index in [0.29, 0.717) is 18.6 Å². The van der Waals surface area contributed by atoms with Crippen molar-refractivity contribution in [3.05, 3.63) is 35.9 Å². The van der Waals surface area contributed by atoms with Crippen molar-refractivity contribution in [2.45, 2.75) is 18.2 Å². The molecule has 92 valence electrons. The summed E-state index contributed by atoms with van der Waals surface area (Å²) in [6, 6.07) is 8.84. The van der Waals surface area contributed by atoms with E-state index in [2.05, 4.69) is 15.9 Å². The summed E-state index contributed by atoms with van der Waals surface area (Å²) < 4.78 is 5.11. The summed E-state index contributed by atoms with van der Waals surface area (Å²) in [5, 5.41) is 0. The number of hydrogen-bond acceptors (Lipinski definition) is 3. The molecular weight excluding hydrogens is 284 g/mol. The van der Waals surface area contributed by atoms with Gasteiger partial charge in [0.1, 0.15) is 6.29 Å². The van der Waals surface area contributed by atoms with Crippen molar-refractivity contribution >= 4 is 28.2 Å². The van der Waals surface area contributed by atoms with Gasteiger partial charge in [0, 0.05) is 10.7 Å². The molecule has 0 fully saturated rings. The molecule has 0 spiro atoms. The molecule has 0 aliphatic rings. The fraction of sp³-hybridized carbons (Fsp3) is 0.385. The van der Waals surface area contributed by atoms with E-state index in [4.69, 9.17) is 4.74 Å². The predicted molar refractivity (Wildman–Crippen MR) is 69.3 cm³/mol. The van der Waals surface area contributed by atoms with Gasteiger partial charge in [-0.1, -0.05) is 41.1 Å². The summed E-state index contributed by atoms with van der Waals surface area (Å²) in [6.45, 7) is 2.13. The van der Waals surface area contributed by atoms with E-state index in [0.717, 1.165) is 6.29 Å². The number of alkyl halides is 1. The summed E-state index contributed by atoms with van der Waals surface area (Å²) in [5.41, 5.74) is 0.544. The van der Waals surface area contributed by atoms with Gasteiger partial charge in [0.2, 0.25) is 0 Å². The highest BCUT2D eigenvalue weighted by molar-refractivity contribution is 9.09. The van der Waals surface area contributed by atoms with Crippen LogP contribution in [0.25, 0.3) is 0 Å². The average molecular weight is 299 g/mol. The molecule has 4 heteroatoms. The van der Waals surface area contributed by atoms with Crippen molar-refractivity contribution in [2.75, 3.05) is 6.61 Å². The number of hydrogen-bond donors (Lipinski definition) is 0. The molecule has 0 amide bonds. The van der Waals surface area contributed by atoms with Crippen LogP contribution in [0.2, 0.25) is 0 Å². The van der Waals surface area contributed by atoms with Crippen LogP contribution in [0.4, 0.5) is 0 Å². The van der Waals surface area contributed by atoms with Gasteiger partial charge >= 0.3 is 5.97 Å². The zero-order valence-corrected chi connectivity index (χ0v) is 11.2. The maximum atomic E-state index is 11.6. The molecule has 0 bridgehead atoms. The molecule has 2 unspecified atom stereocenters. The number of carbonyl (C=O) groups is 2. The number of carbonyl (C=O) groups excluding carboxylic acids is 2. The van der Waals surface area contributed by atoms with Gasteiger partial charge in [0.25, 0.3) is 0 Å². The van der Waals surface area contributed by atoms with Gasteiger partial charge in [-0.3, -0.25) is 0 Å². The molecule has 2 atom stereocenters. The van der Waals surface area contributed by atoms with Crippen LogP contribution in [-0.4, -0.2) is 23.7 Å². The summed E-state index contributed by atoms with van der Waals surface area (Å²) in [5.74, 6) is -0.408. The Morgan fingerprint density at radius 1 is 1.41 bits per heavy atom.